The molecule has 0 aliphatic heterocycles. The summed E-state index contributed by atoms with van der Waals surface area (Å²) in [6, 6.07) is 5.53. The fraction of sp³-hybridized carbons (Fsp3) is 0.333. The molecule has 0 spiro atoms. The van der Waals surface area contributed by atoms with Crippen molar-refractivity contribution in [1.29, 1.82) is 0 Å². The fourth-order valence-corrected chi connectivity index (χ4v) is 1.70. The molecule has 0 aliphatic carbocycles. The highest BCUT2D eigenvalue weighted by molar-refractivity contribution is 5.67. The highest BCUT2D eigenvalue weighted by atomic mass is 16.3. The maximum atomic E-state index is 9.83. The van der Waals surface area contributed by atoms with Crippen LogP contribution in [0.2, 0.25) is 0 Å². The molecule has 2 aromatic rings. The van der Waals surface area contributed by atoms with E-state index in [1.807, 2.05) is 23.7 Å². The van der Waals surface area contributed by atoms with Crippen molar-refractivity contribution < 1.29 is 5.11 Å². The van der Waals surface area contributed by atoms with Gasteiger partial charge in [0, 0.05) is 12.1 Å². The van der Waals surface area contributed by atoms with E-state index < -0.39 is 0 Å². The average molecular weight is 217 g/mol. The van der Waals surface area contributed by atoms with Gasteiger partial charge < -0.3 is 5.11 Å². The number of hydrogen-bond donors (Lipinski definition) is 1. The van der Waals surface area contributed by atoms with E-state index in [2.05, 4.69) is 17.2 Å². The molecule has 0 amide bonds. The molecule has 0 unspecified atom stereocenters. The van der Waals surface area contributed by atoms with Gasteiger partial charge in [0.2, 0.25) is 0 Å². The van der Waals surface area contributed by atoms with Crippen molar-refractivity contribution in [2.75, 3.05) is 0 Å². The molecule has 4 nitrogen and oxygen atoms in total. The maximum Gasteiger partial charge on any atom is 0.125 e. The molecule has 1 aromatic heterocycles. The Morgan fingerprint density at radius 2 is 2.19 bits per heavy atom. The number of nitrogens with zero attached hydrogens (tertiary/aromatic N) is 3. The van der Waals surface area contributed by atoms with Gasteiger partial charge in [0.05, 0.1) is 11.9 Å². The Morgan fingerprint density at radius 1 is 1.38 bits per heavy atom. The molecule has 4 heteroatoms. The molecule has 0 bridgehead atoms. The van der Waals surface area contributed by atoms with Crippen LogP contribution in [-0.4, -0.2) is 20.1 Å². The molecule has 0 fully saturated rings. The zero-order chi connectivity index (χ0) is 11.5. The minimum atomic E-state index is 0.269. The molecule has 1 N–H and O–H groups in total. The van der Waals surface area contributed by atoms with Crippen molar-refractivity contribution in [2.45, 2.75) is 26.8 Å². The average Bonchev–Trinajstić information content (AvgIpc) is 2.70. The number of rotatable bonds is 3. The van der Waals surface area contributed by atoms with Crippen LogP contribution in [0.1, 0.15) is 18.9 Å². The predicted octanol–water partition coefficient (Wildman–Crippen LogP) is 2.37. The van der Waals surface area contributed by atoms with Crippen LogP contribution in [0.5, 0.6) is 5.75 Å². The molecule has 0 radical (unpaired) electrons. The van der Waals surface area contributed by atoms with Crippen molar-refractivity contribution in [3.8, 4) is 17.0 Å². The van der Waals surface area contributed by atoms with Crippen molar-refractivity contribution in [3.05, 3.63) is 30.0 Å². The number of phenols is 1. The van der Waals surface area contributed by atoms with Crippen LogP contribution < -0.4 is 0 Å². The lowest BCUT2D eigenvalue weighted by Gasteiger charge is -2.07. The summed E-state index contributed by atoms with van der Waals surface area (Å²) in [5.41, 5.74) is 2.76. The Bertz CT molecular complexity index is 491. The summed E-state index contributed by atoms with van der Waals surface area (Å²) in [6.07, 6.45) is 2.67. The monoisotopic (exact) mass is 217 g/mol. The topological polar surface area (TPSA) is 50.9 Å². The van der Waals surface area contributed by atoms with Crippen molar-refractivity contribution in [3.63, 3.8) is 0 Å². The van der Waals surface area contributed by atoms with Gasteiger partial charge >= 0.3 is 0 Å². The second kappa shape index (κ2) is 4.35. The van der Waals surface area contributed by atoms with E-state index in [0.717, 1.165) is 29.8 Å². The van der Waals surface area contributed by atoms with Gasteiger partial charge in [-0.15, -0.1) is 5.10 Å². The lowest BCUT2D eigenvalue weighted by Crippen LogP contribution is -2.01. The molecule has 0 atom stereocenters. The fourth-order valence-electron chi connectivity index (χ4n) is 1.70. The van der Waals surface area contributed by atoms with E-state index in [4.69, 9.17) is 0 Å². The number of phenolic OH excluding ortho intramolecular Hbond substituents is 1. The lowest BCUT2D eigenvalue weighted by atomic mass is 10.1. The van der Waals surface area contributed by atoms with Crippen LogP contribution in [-0.2, 0) is 6.54 Å². The number of benzene rings is 1. The molecule has 0 saturated carbocycles. The number of aryl methyl sites for hydroxylation is 2. The Balaban J connectivity index is 2.49. The Labute approximate surface area is 94.5 Å². The smallest absolute Gasteiger partial charge is 0.125 e. The summed E-state index contributed by atoms with van der Waals surface area (Å²) in [5.74, 6) is 0.269. The highest BCUT2D eigenvalue weighted by Crippen LogP contribution is 2.29. The van der Waals surface area contributed by atoms with Crippen LogP contribution in [0.3, 0.4) is 0 Å². The lowest BCUT2D eigenvalue weighted by molar-refractivity contribution is 0.475. The number of aromatic nitrogens is 3. The van der Waals surface area contributed by atoms with Gasteiger partial charge in [0.1, 0.15) is 5.75 Å². The van der Waals surface area contributed by atoms with Gasteiger partial charge in [0.25, 0.3) is 0 Å². The van der Waals surface area contributed by atoms with E-state index in [0.29, 0.717) is 0 Å². The third kappa shape index (κ3) is 1.91. The van der Waals surface area contributed by atoms with Gasteiger partial charge in [-0.3, -0.25) is 0 Å². The zero-order valence-corrected chi connectivity index (χ0v) is 9.51. The first-order valence-electron chi connectivity index (χ1n) is 5.41. The normalized spacial score (nSPS) is 10.6. The quantitative estimate of drug-likeness (QED) is 0.858. The molecule has 0 saturated heterocycles. The molecular formula is C12H15N3O. The van der Waals surface area contributed by atoms with Crippen molar-refractivity contribution in [1.82, 2.24) is 15.0 Å². The van der Waals surface area contributed by atoms with Gasteiger partial charge in [-0.05, 0) is 25.5 Å². The van der Waals surface area contributed by atoms with Gasteiger partial charge in [0.15, 0.2) is 0 Å². The summed E-state index contributed by atoms with van der Waals surface area (Å²) in [4.78, 5) is 0. The van der Waals surface area contributed by atoms with Gasteiger partial charge in [-0.1, -0.05) is 23.8 Å². The Kier molecular flexibility index (Phi) is 2.90. The Hall–Kier alpha value is -1.84. The first kappa shape index (κ1) is 10.7. The highest BCUT2D eigenvalue weighted by Gasteiger charge is 2.10. The molecule has 0 aliphatic rings. The van der Waals surface area contributed by atoms with E-state index in [1.54, 1.807) is 12.3 Å². The minimum Gasteiger partial charge on any atom is -0.507 e. The SMILES string of the molecule is CCCn1nncc1-c1cc(C)ccc1O. The largest absolute Gasteiger partial charge is 0.507 e. The van der Waals surface area contributed by atoms with Crippen molar-refractivity contribution in [2.24, 2.45) is 0 Å². The summed E-state index contributed by atoms with van der Waals surface area (Å²) in [7, 11) is 0. The second-order valence-electron chi connectivity index (χ2n) is 3.86. The van der Waals surface area contributed by atoms with Gasteiger partial charge in [-0.2, -0.15) is 0 Å². The minimum absolute atomic E-state index is 0.269. The Morgan fingerprint density at radius 3 is 2.94 bits per heavy atom. The van der Waals surface area contributed by atoms with Crippen LogP contribution in [0.25, 0.3) is 11.3 Å². The van der Waals surface area contributed by atoms with E-state index in [-0.39, 0.29) is 5.75 Å². The molecule has 1 aromatic carbocycles. The molecule has 1 heterocycles. The third-order valence-electron chi connectivity index (χ3n) is 2.48. The molecule has 84 valence electrons. The third-order valence-corrected chi connectivity index (χ3v) is 2.48. The predicted molar refractivity (Wildman–Crippen MR) is 62.2 cm³/mol. The van der Waals surface area contributed by atoms with Crippen LogP contribution in [0.15, 0.2) is 24.4 Å². The summed E-state index contributed by atoms with van der Waals surface area (Å²) < 4.78 is 1.81. The maximum absolute atomic E-state index is 9.83. The first-order chi connectivity index (χ1) is 7.72. The standard InChI is InChI=1S/C12H15N3O/c1-3-6-15-11(8-13-14-15)10-7-9(2)4-5-12(10)16/h4-5,7-8,16H,3,6H2,1-2H3. The molecule has 16 heavy (non-hydrogen) atoms. The van der Waals surface area contributed by atoms with E-state index in [1.165, 1.54) is 0 Å². The summed E-state index contributed by atoms with van der Waals surface area (Å²) >= 11 is 0. The first-order valence-corrected chi connectivity index (χ1v) is 5.41. The van der Waals surface area contributed by atoms with Crippen LogP contribution in [0, 0.1) is 6.92 Å². The van der Waals surface area contributed by atoms with Crippen molar-refractivity contribution >= 4 is 0 Å². The van der Waals surface area contributed by atoms with Crippen LogP contribution >= 0.6 is 0 Å². The summed E-state index contributed by atoms with van der Waals surface area (Å²) in [6.45, 7) is 4.89. The summed E-state index contributed by atoms with van der Waals surface area (Å²) in [5, 5.41) is 17.7. The van der Waals surface area contributed by atoms with E-state index >= 15 is 0 Å². The molecular weight excluding hydrogens is 202 g/mol. The van der Waals surface area contributed by atoms with Gasteiger partial charge in [-0.25, -0.2) is 4.68 Å². The zero-order valence-electron chi connectivity index (χ0n) is 9.51. The van der Waals surface area contributed by atoms with Crippen LogP contribution in [0.4, 0.5) is 0 Å². The number of aromatic hydroxyl groups is 1. The van der Waals surface area contributed by atoms with E-state index in [9.17, 15) is 5.11 Å². The second-order valence-corrected chi connectivity index (χ2v) is 3.86. The molecule has 2 rings (SSSR count). The number of hydrogen-bond acceptors (Lipinski definition) is 3.